The van der Waals surface area contributed by atoms with E-state index < -0.39 is 0 Å². The van der Waals surface area contributed by atoms with Crippen LogP contribution in [0.1, 0.15) is 20.8 Å². The lowest BCUT2D eigenvalue weighted by Gasteiger charge is -2.30. The van der Waals surface area contributed by atoms with Crippen LogP contribution >= 0.6 is 12.6 Å². The maximum absolute atomic E-state index is 11.4. The number of carbonyl (C=O) groups excluding carboxylic acids is 1. The van der Waals surface area contributed by atoms with Gasteiger partial charge in [0.05, 0.1) is 6.17 Å². The van der Waals surface area contributed by atoms with E-state index >= 15 is 0 Å². The second kappa shape index (κ2) is 2.92. The summed E-state index contributed by atoms with van der Waals surface area (Å²) in [7, 11) is 1.94. The van der Waals surface area contributed by atoms with Gasteiger partial charge in [-0.1, -0.05) is 0 Å². The normalized spacial score (nSPS) is 32.2. The van der Waals surface area contributed by atoms with Crippen LogP contribution in [-0.2, 0) is 4.79 Å². The number of hydrogen-bond acceptors (Lipinski definition) is 3. The van der Waals surface area contributed by atoms with Gasteiger partial charge in [0, 0.05) is 4.75 Å². The van der Waals surface area contributed by atoms with Crippen LogP contribution in [-0.4, -0.2) is 34.8 Å². The smallest absolute Gasteiger partial charge is 0.240 e. The zero-order valence-corrected chi connectivity index (χ0v) is 8.85. The molecule has 3 nitrogen and oxygen atoms in total. The molecule has 0 aromatic heterocycles. The molecule has 1 aliphatic rings. The highest BCUT2D eigenvalue weighted by Crippen LogP contribution is 2.26. The van der Waals surface area contributed by atoms with E-state index in [1.807, 2.05) is 32.7 Å². The number of rotatable bonds is 1. The Morgan fingerprint density at radius 3 is 2.25 bits per heavy atom. The van der Waals surface area contributed by atoms with Crippen LogP contribution < -0.4 is 5.32 Å². The third-order valence-corrected chi connectivity index (χ3v) is 2.53. The van der Waals surface area contributed by atoms with E-state index in [1.165, 1.54) is 0 Å². The van der Waals surface area contributed by atoms with Crippen LogP contribution in [0.2, 0.25) is 0 Å². The van der Waals surface area contributed by atoms with Crippen molar-refractivity contribution < 1.29 is 4.79 Å². The predicted octanol–water partition coefficient (Wildman–Crippen LogP) is 0.471. The van der Waals surface area contributed by atoms with Crippen LogP contribution in [0.3, 0.4) is 0 Å². The molecule has 1 rings (SSSR count). The topological polar surface area (TPSA) is 32.3 Å². The highest BCUT2D eigenvalue weighted by atomic mass is 32.1. The summed E-state index contributed by atoms with van der Waals surface area (Å²) < 4.78 is -0.288. The number of nitrogens with zero attached hydrogens (tertiary/aromatic N) is 1. The lowest BCUT2D eigenvalue weighted by molar-refractivity contribution is -0.121. The summed E-state index contributed by atoms with van der Waals surface area (Å²) in [5.74, 6) is 0.0741. The Bertz CT molecular complexity index is 200. The number of hydrogen-bond donors (Lipinski definition) is 2. The van der Waals surface area contributed by atoms with Crippen LogP contribution in [0, 0.1) is 0 Å². The van der Waals surface area contributed by atoms with E-state index in [2.05, 4.69) is 17.9 Å². The molecule has 0 aliphatic carbocycles. The van der Waals surface area contributed by atoms with Crippen molar-refractivity contribution >= 4 is 18.5 Å². The molecule has 0 aromatic rings. The maximum Gasteiger partial charge on any atom is 0.240 e. The van der Waals surface area contributed by atoms with Crippen LogP contribution in [0.15, 0.2) is 0 Å². The van der Waals surface area contributed by atoms with E-state index in [0.717, 1.165) is 0 Å². The molecule has 0 spiro atoms. The van der Waals surface area contributed by atoms with Gasteiger partial charge in [0.15, 0.2) is 0 Å². The molecule has 2 atom stereocenters. The summed E-state index contributed by atoms with van der Waals surface area (Å²) in [4.78, 5) is 13.4. The van der Waals surface area contributed by atoms with Crippen molar-refractivity contribution in [1.82, 2.24) is 10.2 Å². The van der Waals surface area contributed by atoms with Gasteiger partial charge in [-0.05, 0) is 27.8 Å². The predicted molar refractivity (Wildman–Crippen MR) is 52.2 cm³/mol. The molecule has 1 fully saturated rings. The Kier molecular flexibility index (Phi) is 2.40. The van der Waals surface area contributed by atoms with E-state index in [1.54, 1.807) is 0 Å². The van der Waals surface area contributed by atoms with Crippen molar-refractivity contribution in [3.63, 3.8) is 0 Å². The largest absolute Gasteiger partial charge is 0.339 e. The average Bonchev–Trinajstić information content (AvgIpc) is 2.05. The SMILES string of the molecule is CC1NC(=O)C(C(C)(C)S)N1C. The van der Waals surface area contributed by atoms with Gasteiger partial charge in [0.2, 0.25) is 5.91 Å². The van der Waals surface area contributed by atoms with E-state index in [9.17, 15) is 4.79 Å². The molecule has 0 bridgehead atoms. The molecule has 1 N–H and O–H groups in total. The van der Waals surface area contributed by atoms with Crippen LogP contribution in [0.4, 0.5) is 0 Å². The fraction of sp³-hybridized carbons (Fsp3) is 0.875. The summed E-state index contributed by atoms with van der Waals surface area (Å²) in [6, 6.07) is -0.129. The second-order valence-electron chi connectivity index (χ2n) is 3.91. The number of nitrogens with one attached hydrogen (secondary N) is 1. The second-order valence-corrected chi connectivity index (χ2v) is 5.06. The Morgan fingerprint density at radius 2 is 2.08 bits per heavy atom. The van der Waals surface area contributed by atoms with Gasteiger partial charge < -0.3 is 5.32 Å². The first-order chi connectivity index (χ1) is 5.34. The van der Waals surface area contributed by atoms with Gasteiger partial charge in [0.1, 0.15) is 6.04 Å². The first kappa shape index (κ1) is 9.86. The van der Waals surface area contributed by atoms with Crippen LogP contribution in [0.25, 0.3) is 0 Å². The molecule has 4 heteroatoms. The molecule has 0 aromatic carbocycles. The minimum absolute atomic E-state index is 0.0741. The summed E-state index contributed by atoms with van der Waals surface area (Å²) in [5, 5.41) is 2.86. The monoisotopic (exact) mass is 188 g/mol. The number of likely N-dealkylation sites (N-methyl/N-ethyl adjacent to an activating group) is 1. The Labute approximate surface area is 78.9 Å². The molecule has 1 aliphatic heterocycles. The summed E-state index contributed by atoms with van der Waals surface area (Å²) in [6.45, 7) is 5.88. The molecule has 70 valence electrons. The fourth-order valence-corrected chi connectivity index (χ4v) is 1.91. The molecule has 0 saturated carbocycles. The van der Waals surface area contributed by atoms with E-state index in [-0.39, 0.29) is 22.9 Å². The van der Waals surface area contributed by atoms with Crippen molar-refractivity contribution in [2.24, 2.45) is 0 Å². The lowest BCUT2D eigenvalue weighted by Crippen LogP contribution is -2.45. The Balaban J connectivity index is 2.84. The minimum Gasteiger partial charge on any atom is -0.339 e. The van der Waals surface area contributed by atoms with Gasteiger partial charge in [-0.15, -0.1) is 0 Å². The highest BCUT2D eigenvalue weighted by molar-refractivity contribution is 7.81. The van der Waals surface area contributed by atoms with Gasteiger partial charge >= 0.3 is 0 Å². The lowest BCUT2D eigenvalue weighted by atomic mass is 10.0. The van der Waals surface area contributed by atoms with Gasteiger partial charge in [0.25, 0.3) is 0 Å². The highest BCUT2D eigenvalue weighted by Gasteiger charge is 2.42. The quantitative estimate of drug-likeness (QED) is 0.586. The van der Waals surface area contributed by atoms with Crippen molar-refractivity contribution in [3.05, 3.63) is 0 Å². The average molecular weight is 188 g/mol. The van der Waals surface area contributed by atoms with Crippen molar-refractivity contribution in [2.75, 3.05) is 7.05 Å². The Morgan fingerprint density at radius 1 is 1.58 bits per heavy atom. The maximum atomic E-state index is 11.4. The fourth-order valence-electron chi connectivity index (χ4n) is 1.61. The summed E-state index contributed by atoms with van der Waals surface area (Å²) in [6.07, 6.45) is 0.119. The third-order valence-electron chi connectivity index (χ3n) is 2.29. The van der Waals surface area contributed by atoms with Crippen molar-refractivity contribution in [1.29, 1.82) is 0 Å². The Hall–Kier alpha value is -0.220. The molecular weight excluding hydrogens is 172 g/mol. The van der Waals surface area contributed by atoms with Gasteiger partial charge in [-0.2, -0.15) is 12.6 Å². The molecule has 2 unspecified atom stereocenters. The van der Waals surface area contributed by atoms with E-state index in [0.29, 0.717) is 0 Å². The molecule has 1 amide bonds. The summed E-state index contributed by atoms with van der Waals surface area (Å²) >= 11 is 4.41. The zero-order valence-electron chi connectivity index (χ0n) is 7.96. The number of thiol groups is 1. The van der Waals surface area contributed by atoms with Crippen molar-refractivity contribution in [2.45, 2.75) is 37.7 Å². The molecule has 0 radical (unpaired) electrons. The van der Waals surface area contributed by atoms with Crippen LogP contribution in [0.5, 0.6) is 0 Å². The minimum atomic E-state index is -0.288. The summed E-state index contributed by atoms with van der Waals surface area (Å²) in [5.41, 5.74) is 0. The molecule has 1 heterocycles. The molecular formula is C8H16N2OS. The zero-order chi connectivity index (χ0) is 9.52. The van der Waals surface area contributed by atoms with Crippen molar-refractivity contribution in [3.8, 4) is 0 Å². The standard InChI is InChI=1S/C8H16N2OS/c1-5-9-7(11)6(10(5)4)8(2,3)12/h5-6,12H,1-4H3,(H,9,11). The number of carbonyl (C=O) groups is 1. The van der Waals surface area contributed by atoms with Gasteiger partial charge in [-0.3, -0.25) is 9.69 Å². The first-order valence-corrected chi connectivity index (χ1v) is 4.53. The molecule has 12 heavy (non-hydrogen) atoms. The third kappa shape index (κ3) is 1.59. The molecule has 1 saturated heterocycles. The first-order valence-electron chi connectivity index (χ1n) is 4.08. The van der Waals surface area contributed by atoms with E-state index in [4.69, 9.17) is 0 Å². The number of amides is 1. The van der Waals surface area contributed by atoms with Gasteiger partial charge in [-0.25, -0.2) is 0 Å².